The molecule has 0 saturated carbocycles. The Kier molecular flexibility index (Phi) is 5.17. The predicted molar refractivity (Wildman–Crippen MR) is 112 cm³/mol. The number of fused-ring (bicyclic) bond motifs is 1. The molecule has 0 aliphatic carbocycles. The summed E-state index contributed by atoms with van der Waals surface area (Å²) < 4.78 is 1.64. The Morgan fingerprint density at radius 3 is 2.76 bits per heavy atom. The zero-order valence-corrected chi connectivity index (χ0v) is 16.7. The summed E-state index contributed by atoms with van der Waals surface area (Å²) in [5.74, 6) is 1.20. The van der Waals surface area contributed by atoms with Gasteiger partial charge >= 0.3 is 0 Å². The van der Waals surface area contributed by atoms with Crippen molar-refractivity contribution < 1.29 is 4.79 Å². The van der Waals surface area contributed by atoms with Gasteiger partial charge in [0.05, 0.1) is 22.8 Å². The zero-order valence-electron chi connectivity index (χ0n) is 16.7. The van der Waals surface area contributed by atoms with E-state index in [9.17, 15) is 10.1 Å². The van der Waals surface area contributed by atoms with Gasteiger partial charge in [-0.2, -0.15) is 10.4 Å². The van der Waals surface area contributed by atoms with Crippen LogP contribution in [-0.4, -0.2) is 52.3 Å². The van der Waals surface area contributed by atoms with Crippen LogP contribution < -0.4 is 4.90 Å². The van der Waals surface area contributed by atoms with Crippen LogP contribution in [0.1, 0.15) is 28.8 Å². The second kappa shape index (κ2) is 7.92. The van der Waals surface area contributed by atoms with E-state index in [1.54, 1.807) is 22.0 Å². The first-order chi connectivity index (χ1) is 14.0. The van der Waals surface area contributed by atoms with Gasteiger partial charge in [0.1, 0.15) is 11.9 Å². The summed E-state index contributed by atoms with van der Waals surface area (Å²) in [6, 6.07) is 12.1. The largest absolute Gasteiger partial charge is 0.355 e. The monoisotopic (exact) mass is 388 g/mol. The fourth-order valence-electron chi connectivity index (χ4n) is 3.98. The number of piperidine rings is 1. The molecule has 148 valence electrons. The van der Waals surface area contributed by atoms with Crippen molar-refractivity contribution in [2.75, 3.05) is 31.6 Å². The number of benzene rings is 1. The highest BCUT2D eigenvalue weighted by atomic mass is 16.2. The zero-order chi connectivity index (χ0) is 20.4. The van der Waals surface area contributed by atoms with Crippen molar-refractivity contribution >= 4 is 22.6 Å². The lowest BCUT2D eigenvalue weighted by atomic mass is 9.95. The normalized spacial score (nSPS) is 14.7. The lowest BCUT2D eigenvalue weighted by Gasteiger charge is -2.35. The number of hydrogen-bond donors (Lipinski definition) is 0. The molecule has 0 unspecified atom stereocenters. The van der Waals surface area contributed by atoms with Crippen molar-refractivity contribution in [3.63, 3.8) is 0 Å². The van der Waals surface area contributed by atoms with E-state index in [1.165, 1.54) is 0 Å². The Morgan fingerprint density at radius 2 is 2.07 bits per heavy atom. The number of rotatable bonds is 4. The smallest absolute Gasteiger partial charge is 0.256 e. The molecule has 0 radical (unpaired) electrons. The molecular formula is C22H24N6O. The Morgan fingerprint density at radius 1 is 1.31 bits per heavy atom. The summed E-state index contributed by atoms with van der Waals surface area (Å²) in [4.78, 5) is 21.3. The Hall–Kier alpha value is -3.40. The van der Waals surface area contributed by atoms with E-state index in [4.69, 9.17) is 4.98 Å². The van der Waals surface area contributed by atoms with Crippen molar-refractivity contribution in [3.05, 3.63) is 53.9 Å². The van der Waals surface area contributed by atoms with Crippen molar-refractivity contribution in [1.29, 1.82) is 5.26 Å². The van der Waals surface area contributed by atoms with E-state index in [0.717, 1.165) is 49.2 Å². The van der Waals surface area contributed by atoms with Crippen molar-refractivity contribution in [1.82, 2.24) is 19.7 Å². The summed E-state index contributed by atoms with van der Waals surface area (Å²) in [5.41, 5.74) is 2.14. The number of aryl methyl sites for hydroxylation is 1. The molecule has 1 fully saturated rings. The molecule has 2 aromatic heterocycles. The SMILES string of the molecule is CN(CC1CCN(c2nc3ccccc3cc2C#N)CC1)C(=O)c1cnn(C)c1. The second-order valence-electron chi connectivity index (χ2n) is 7.68. The minimum absolute atomic E-state index is 0.00323. The van der Waals surface area contributed by atoms with Crippen molar-refractivity contribution in [3.8, 4) is 6.07 Å². The predicted octanol–water partition coefficient (Wildman–Crippen LogP) is 2.83. The third kappa shape index (κ3) is 3.92. The molecule has 29 heavy (non-hydrogen) atoms. The number of pyridine rings is 1. The van der Waals surface area contributed by atoms with Crippen LogP contribution in [0.5, 0.6) is 0 Å². The molecular weight excluding hydrogens is 364 g/mol. The van der Waals surface area contributed by atoms with Gasteiger partial charge in [0, 0.05) is 45.3 Å². The number of nitrogens with zero attached hydrogens (tertiary/aromatic N) is 6. The van der Waals surface area contributed by atoms with Crippen LogP contribution >= 0.6 is 0 Å². The molecule has 0 atom stereocenters. The van der Waals surface area contributed by atoms with E-state index in [-0.39, 0.29) is 5.91 Å². The molecule has 7 nitrogen and oxygen atoms in total. The lowest BCUT2D eigenvalue weighted by Crippen LogP contribution is -2.40. The van der Waals surface area contributed by atoms with E-state index in [1.807, 2.05) is 44.4 Å². The van der Waals surface area contributed by atoms with Gasteiger partial charge < -0.3 is 9.80 Å². The number of nitriles is 1. The first-order valence-corrected chi connectivity index (χ1v) is 9.84. The Balaban J connectivity index is 1.41. The van der Waals surface area contributed by atoms with Gasteiger partial charge in [0.25, 0.3) is 5.91 Å². The maximum atomic E-state index is 12.5. The topological polar surface area (TPSA) is 78.1 Å². The quantitative estimate of drug-likeness (QED) is 0.687. The van der Waals surface area contributed by atoms with E-state index < -0.39 is 0 Å². The third-order valence-electron chi connectivity index (χ3n) is 5.57. The molecule has 1 saturated heterocycles. The number of aromatic nitrogens is 3. The molecule has 3 heterocycles. The molecule has 4 rings (SSSR count). The van der Waals surface area contributed by atoms with Gasteiger partial charge in [-0.3, -0.25) is 9.48 Å². The molecule has 7 heteroatoms. The highest BCUT2D eigenvalue weighted by molar-refractivity contribution is 5.93. The van der Waals surface area contributed by atoms with Gasteiger partial charge in [-0.1, -0.05) is 18.2 Å². The minimum Gasteiger partial charge on any atom is -0.355 e. The average Bonchev–Trinajstić information content (AvgIpc) is 3.19. The third-order valence-corrected chi connectivity index (χ3v) is 5.57. The standard InChI is InChI=1S/C22H24N6O/c1-26(22(29)19-13-24-27(2)15-19)14-16-7-9-28(10-8-16)21-18(12-23)11-17-5-3-4-6-20(17)25-21/h3-6,11,13,15-16H,7-10,14H2,1-2H3. The summed E-state index contributed by atoms with van der Waals surface area (Å²) in [6.07, 6.45) is 5.28. The van der Waals surface area contributed by atoms with Crippen LogP contribution in [0.3, 0.4) is 0 Å². The maximum absolute atomic E-state index is 12.5. The highest BCUT2D eigenvalue weighted by Gasteiger charge is 2.25. The van der Waals surface area contributed by atoms with Gasteiger partial charge in [-0.25, -0.2) is 4.98 Å². The first-order valence-electron chi connectivity index (χ1n) is 9.84. The van der Waals surface area contributed by atoms with E-state index in [2.05, 4.69) is 16.1 Å². The molecule has 1 aromatic carbocycles. The minimum atomic E-state index is 0.00323. The fourth-order valence-corrected chi connectivity index (χ4v) is 3.98. The number of amides is 1. The van der Waals surface area contributed by atoms with Crippen LogP contribution in [0.2, 0.25) is 0 Å². The Labute approximate surface area is 170 Å². The molecule has 3 aromatic rings. The number of hydrogen-bond acceptors (Lipinski definition) is 5. The van der Waals surface area contributed by atoms with Gasteiger partial charge in [-0.15, -0.1) is 0 Å². The summed E-state index contributed by atoms with van der Waals surface area (Å²) >= 11 is 0. The second-order valence-corrected chi connectivity index (χ2v) is 7.68. The number of carbonyl (C=O) groups excluding carboxylic acids is 1. The molecule has 0 spiro atoms. The number of anilines is 1. The van der Waals surface area contributed by atoms with Gasteiger partial charge in [0.2, 0.25) is 0 Å². The maximum Gasteiger partial charge on any atom is 0.256 e. The number of para-hydroxylation sites is 1. The molecule has 0 bridgehead atoms. The van der Waals surface area contributed by atoms with Crippen LogP contribution in [0.15, 0.2) is 42.7 Å². The molecule has 1 aliphatic rings. The van der Waals surface area contributed by atoms with Crippen LogP contribution in [0.4, 0.5) is 5.82 Å². The van der Waals surface area contributed by atoms with Crippen molar-refractivity contribution in [2.24, 2.45) is 13.0 Å². The Bertz CT molecular complexity index is 1070. The lowest BCUT2D eigenvalue weighted by molar-refractivity contribution is 0.0765. The van der Waals surface area contributed by atoms with Crippen molar-refractivity contribution in [2.45, 2.75) is 12.8 Å². The average molecular weight is 388 g/mol. The summed E-state index contributed by atoms with van der Waals surface area (Å²) in [6.45, 7) is 2.39. The number of carbonyl (C=O) groups is 1. The molecule has 1 amide bonds. The van der Waals surface area contributed by atoms with E-state index in [0.29, 0.717) is 17.0 Å². The van der Waals surface area contributed by atoms with Crippen LogP contribution in [0.25, 0.3) is 10.9 Å². The van der Waals surface area contributed by atoms with Crippen LogP contribution in [0, 0.1) is 17.2 Å². The summed E-state index contributed by atoms with van der Waals surface area (Å²) in [7, 11) is 3.66. The van der Waals surface area contributed by atoms with Gasteiger partial charge in [0.15, 0.2) is 0 Å². The first kappa shape index (κ1) is 18.9. The van der Waals surface area contributed by atoms with E-state index >= 15 is 0 Å². The molecule has 0 N–H and O–H groups in total. The van der Waals surface area contributed by atoms with Crippen LogP contribution in [-0.2, 0) is 7.05 Å². The molecule has 1 aliphatic heterocycles. The summed E-state index contributed by atoms with van der Waals surface area (Å²) in [5, 5.41) is 14.6. The highest BCUT2D eigenvalue weighted by Crippen LogP contribution is 2.27. The van der Waals surface area contributed by atoms with Gasteiger partial charge in [-0.05, 0) is 30.9 Å². The fraction of sp³-hybridized carbons (Fsp3) is 0.364.